The van der Waals surface area contributed by atoms with Gasteiger partial charge in [0.25, 0.3) is 5.56 Å². The topological polar surface area (TPSA) is 111 Å². The monoisotopic (exact) mass is 859 g/mol. The number of aromatic amines is 1. The molecule has 0 unspecified atom stereocenters. The van der Waals surface area contributed by atoms with Crippen molar-refractivity contribution in [2.24, 2.45) is 0 Å². The zero-order valence-corrected chi connectivity index (χ0v) is 35.8. The van der Waals surface area contributed by atoms with E-state index in [4.69, 9.17) is 28.9 Å². The third-order valence-corrected chi connectivity index (χ3v) is 12.4. The van der Waals surface area contributed by atoms with Gasteiger partial charge in [-0.2, -0.15) is 0 Å². The maximum atomic E-state index is 11.9. The predicted octanol–water partition coefficient (Wildman–Crippen LogP) is 9.42. The lowest BCUT2D eigenvalue weighted by molar-refractivity contribution is 0.250. The highest BCUT2D eigenvalue weighted by Gasteiger charge is 2.21. The summed E-state index contributed by atoms with van der Waals surface area (Å²) in [5, 5.41) is 3.05. The maximum absolute atomic E-state index is 11.9. The van der Waals surface area contributed by atoms with Gasteiger partial charge in [-0.1, -0.05) is 96.0 Å². The molecule has 62 heavy (non-hydrogen) atoms. The number of aromatic nitrogens is 4. The average Bonchev–Trinajstić information content (AvgIpc) is 3.31. The van der Waals surface area contributed by atoms with E-state index in [2.05, 4.69) is 124 Å². The molecule has 2 aliphatic rings. The van der Waals surface area contributed by atoms with Crippen LogP contribution < -0.4 is 21.1 Å². The van der Waals surface area contributed by atoms with E-state index in [1.807, 2.05) is 48.5 Å². The molecule has 8 aromatic rings. The van der Waals surface area contributed by atoms with Crippen LogP contribution >= 0.6 is 23.2 Å². The SMILES string of the molecule is Nc1ncnc2cc(N3CCN(Cc4ccccc4-c4ccc(Cl)cc4)CC3)ccc12.O=c1[nH]cnc2cc(N3CCN(Cc4ccccc4-c4ccc(Cl)cc4)CC3)ccc12. The highest BCUT2D eigenvalue weighted by molar-refractivity contribution is 6.31. The Kier molecular flexibility index (Phi) is 12.4. The minimum absolute atomic E-state index is 0.0966. The summed E-state index contributed by atoms with van der Waals surface area (Å²) < 4.78 is 0. The highest BCUT2D eigenvalue weighted by Crippen LogP contribution is 2.30. The first-order valence-corrected chi connectivity index (χ1v) is 21.7. The third kappa shape index (κ3) is 9.44. The molecule has 0 amide bonds. The van der Waals surface area contributed by atoms with Crippen LogP contribution in [0.25, 0.3) is 44.1 Å². The lowest BCUT2D eigenvalue weighted by atomic mass is 9.99. The molecule has 0 saturated carbocycles. The molecule has 6 aromatic carbocycles. The van der Waals surface area contributed by atoms with Gasteiger partial charge in [0.05, 0.1) is 22.7 Å². The summed E-state index contributed by atoms with van der Waals surface area (Å²) in [4.78, 5) is 37.1. The summed E-state index contributed by atoms with van der Waals surface area (Å²) in [6.45, 7) is 9.69. The fraction of sp³-hybridized carbons (Fsp3) is 0.200. The van der Waals surface area contributed by atoms with Crippen molar-refractivity contribution in [2.75, 3.05) is 67.9 Å². The van der Waals surface area contributed by atoms with Crippen LogP contribution in [0, 0.1) is 0 Å². The molecule has 2 saturated heterocycles. The van der Waals surface area contributed by atoms with Gasteiger partial charge in [0.2, 0.25) is 0 Å². The number of halogens is 2. The van der Waals surface area contributed by atoms with Gasteiger partial charge in [-0.3, -0.25) is 14.6 Å². The lowest BCUT2D eigenvalue weighted by Gasteiger charge is -2.36. The number of nitrogens with one attached hydrogen (secondary N) is 1. The molecule has 0 spiro atoms. The van der Waals surface area contributed by atoms with Crippen molar-refractivity contribution in [1.29, 1.82) is 0 Å². The molecule has 312 valence electrons. The van der Waals surface area contributed by atoms with E-state index < -0.39 is 0 Å². The van der Waals surface area contributed by atoms with Gasteiger partial charge in [0.15, 0.2) is 0 Å². The van der Waals surface area contributed by atoms with Crippen LogP contribution in [0.3, 0.4) is 0 Å². The summed E-state index contributed by atoms with van der Waals surface area (Å²) in [6.07, 6.45) is 2.99. The summed E-state index contributed by atoms with van der Waals surface area (Å²) in [5.41, 5.74) is 17.4. The zero-order valence-electron chi connectivity index (χ0n) is 34.3. The average molecular weight is 861 g/mol. The van der Waals surface area contributed by atoms with E-state index in [0.717, 1.165) is 97.6 Å². The molecule has 3 N–H and O–H groups in total. The number of benzene rings is 6. The van der Waals surface area contributed by atoms with Gasteiger partial charge in [0.1, 0.15) is 12.1 Å². The maximum Gasteiger partial charge on any atom is 0.258 e. The Labute approximate surface area is 371 Å². The number of fused-ring (bicyclic) bond motifs is 2. The Morgan fingerprint density at radius 1 is 0.532 bits per heavy atom. The van der Waals surface area contributed by atoms with E-state index in [1.165, 1.54) is 51.7 Å². The summed E-state index contributed by atoms with van der Waals surface area (Å²) in [7, 11) is 0. The van der Waals surface area contributed by atoms with Crippen molar-refractivity contribution < 1.29 is 0 Å². The number of H-pyrrole nitrogens is 1. The molecule has 10 nitrogen and oxygen atoms in total. The van der Waals surface area contributed by atoms with Crippen molar-refractivity contribution in [2.45, 2.75) is 13.1 Å². The van der Waals surface area contributed by atoms with Crippen LogP contribution in [-0.4, -0.2) is 82.1 Å². The smallest absolute Gasteiger partial charge is 0.258 e. The van der Waals surface area contributed by atoms with Gasteiger partial charge < -0.3 is 20.5 Å². The number of anilines is 3. The minimum atomic E-state index is -0.0966. The van der Waals surface area contributed by atoms with Gasteiger partial charge in [-0.05, 0) is 94.0 Å². The molecule has 0 atom stereocenters. The van der Waals surface area contributed by atoms with Crippen LogP contribution in [0.1, 0.15) is 11.1 Å². The number of nitrogen functional groups attached to an aromatic ring is 1. The molecule has 10 rings (SSSR count). The molecule has 4 heterocycles. The first-order valence-electron chi connectivity index (χ1n) is 20.9. The van der Waals surface area contributed by atoms with E-state index in [-0.39, 0.29) is 5.56 Å². The summed E-state index contributed by atoms with van der Waals surface area (Å²) in [5.74, 6) is 0.528. The third-order valence-electron chi connectivity index (χ3n) is 11.9. The number of hydrogen-bond acceptors (Lipinski definition) is 9. The molecule has 0 aliphatic carbocycles. The molecule has 2 fully saturated rings. The molecule has 2 aromatic heterocycles. The minimum Gasteiger partial charge on any atom is -0.383 e. The lowest BCUT2D eigenvalue weighted by Crippen LogP contribution is -2.46. The Hall–Kier alpha value is -6.30. The van der Waals surface area contributed by atoms with Crippen LogP contribution in [-0.2, 0) is 13.1 Å². The first kappa shape index (κ1) is 41.1. The van der Waals surface area contributed by atoms with Gasteiger partial charge in [-0.15, -0.1) is 0 Å². The number of nitrogens with zero attached hydrogens (tertiary/aromatic N) is 7. The van der Waals surface area contributed by atoms with Crippen LogP contribution in [0.2, 0.25) is 10.0 Å². The van der Waals surface area contributed by atoms with E-state index in [9.17, 15) is 4.79 Å². The summed E-state index contributed by atoms with van der Waals surface area (Å²) >= 11 is 12.1. The van der Waals surface area contributed by atoms with Crippen molar-refractivity contribution in [3.63, 3.8) is 0 Å². The molecule has 0 bridgehead atoms. The Morgan fingerprint density at radius 3 is 1.52 bits per heavy atom. The Balaban J connectivity index is 0.000000158. The van der Waals surface area contributed by atoms with Gasteiger partial charge >= 0.3 is 0 Å². The fourth-order valence-corrected chi connectivity index (χ4v) is 8.72. The normalized spacial score (nSPS) is 14.8. The largest absolute Gasteiger partial charge is 0.383 e. The van der Waals surface area contributed by atoms with Crippen LogP contribution in [0.5, 0.6) is 0 Å². The number of rotatable bonds is 8. The first-order chi connectivity index (χ1) is 30.3. The molecule has 2 aliphatic heterocycles. The predicted molar refractivity (Wildman–Crippen MR) is 255 cm³/mol. The van der Waals surface area contributed by atoms with Crippen molar-refractivity contribution in [3.05, 3.63) is 178 Å². The Bertz CT molecular complexity index is 2850. The quantitative estimate of drug-likeness (QED) is 0.155. The molecular weight excluding hydrogens is 814 g/mol. The van der Waals surface area contributed by atoms with E-state index in [1.54, 1.807) is 0 Å². The number of piperazine rings is 2. The summed E-state index contributed by atoms with van der Waals surface area (Å²) in [6, 6.07) is 45.5. The zero-order chi connectivity index (χ0) is 42.4. The van der Waals surface area contributed by atoms with Gasteiger partial charge in [0, 0.05) is 92.3 Å². The molecule has 12 heteroatoms. The molecule has 0 radical (unpaired) electrons. The van der Waals surface area contributed by atoms with Crippen molar-refractivity contribution >= 4 is 62.2 Å². The van der Waals surface area contributed by atoms with Crippen molar-refractivity contribution in [3.8, 4) is 22.3 Å². The Morgan fingerprint density at radius 2 is 1.00 bits per heavy atom. The van der Waals surface area contributed by atoms with Crippen molar-refractivity contribution in [1.82, 2.24) is 29.7 Å². The second kappa shape index (κ2) is 18.8. The van der Waals surface area contributed by atoms with Crippen LogP contribution in [0.4, 0.5) is 17.2 Å². The second-order valence-corrected chi connectivity index (χ2v) is 16.6. The van der Waals surface area contributed by atoms with Crippen LogP contribution in [0.15, 0.2) is 151 Å². The standard InChI is InChI=1S/C25H24ClN5.C25H23ClN4O/c26-20-7-5-18(6-8-20)22-4-2-1-3-19(22)16-30-11-13-31(14-12-30)21-9-10-23-24(15-21)28-17-29-25(23)27;26-20-7-5-18(6-8-20)22-4-2-1-3-19(22)16-29-11-13-30(14-12-29)21-9-10-23-24(15-21)27-17-28-25(23)31/h1-10,15,17H,11-14,16H2,(H2,27,28,29);1-10,15,17H,11-14,16H2,(H,27,28,31). The van der Waals surface area contributed by atoms with E-state index in [0.29, 0.717) is 11.2 Å². The van der Waals surface area contributed by atoms with Gasteiger partial charge in [-0.25, -0.2) is 15.0 Å². The second-order valence-electron chi connectivity index (χ2n) is 15.7. The molecular formula is C50H47Cl2N9O. The fourth-order valence-electron chi connectivity index (χ4n) is 8.47. The number of nitrogens with two attached hydrogens (primary N) is 1. The van der Waals surface area contributed by atoms with E-state index >= 15 is 0 Å². The number of hydrogen-bond donors (Lipinski definition) is 2. The highest BCUT2D eigenvalue weighted by atomic mass is 35.5.